The molecule has 4 nitrogen and oxygen atoms in total. The molecule has 0 aliphatic carbocycles. The van der Waals surface area contributed by atoms with Gasteiger partial charge in [0.2, 0.25) is 0 Å². The Bertz CT molecular complexity index is 780. The normalized spacial score (nSPS) is 16.8. The van der Waals surface area contributed by atoms with Crippen LogP contribution in [-0.2, 0) is 0 Å². The van der Waals surface area contributed by atoms with Crippen molar-refractivity contribution in [1.29, 1.82) is 0 Å². The average Bonchev–Trinajstić information content (AvgIpc) is 3.09. The number of amides is 1. The third-order valence-electron chi connectivity index (χ3n) is 3.97. The number of ether oxygens (including phenoxy) is 2. The summed E-state index contributed by atoms with van der Waals surface area (Å²) < 4.78 is 10.7. The zero-order chi connectivity index (χ0) is 18.0. The minimum absolute atomic E-state index is 0.0997. The first-order chi connectivity index (χ1) is 12.0. The molecule has 1 heterocycles. The monoisotopic (exact) mass is 397 g/mol. The number of benzene rings is 2. The Labute approximate surface area is 161 Å². The van der Waals surface area contributed by atoms with Gasteiger partial charge in [0.15, 0.2) is 0 Å². The Morgan fingerprint density at radius 1 is 1.12 bits per heavy atom. The topological polar surface area (TPSA) is 38.8 Å². The lowest BCUT2D eigenvalue weighted by Gasteiger charge is -2.26. The zero-order valence-corrected chi connectivity index (χ0v) is 16.1. The standard InChI is InChI=1S/C18H17Cl2NO3S/c1-23-14-3-4-15(16(10-14)24-2)18-21(5-6-25-18)17(22)11-7-12(19)9-13(20)8-11/h3-4,7-10,18H,5-6H2,1-2H3/t18-/m0/s1. The number of thioether (sulfide) groups is 1. The highest BCUT2D eigenvalue weighted by Crippen LogP contribution is 2.43. The number of halogens is 2. The SMILES string of the molecule is COc1ccc([C@@H]2SCCN2C(=O)c2cc(Cl)cc(Cl)c2)c(OC)c1. The van der Waals surface area contributed by atoms with Gasteiger partial charge in [-0.3, -0.25) is 4.79 Å². The molecule has 0 unspecified atom stereocenters. The van der Waals surface area contributed by atoms with E-state index < -0.39 is 0 Å². The lowest BCUT2D eigenvalue weighted by atomic mass is 10.1. The maximum atomic E-state index is 13.0. The lowest BCUT2D eigenvalue weighted by Crippen LogP contribution is -2.30. The first-order valence-corrected chi connectivity index (χ1v) is 9.44. The molecule has 1 fully saturated rings. The molecule has 3 rings (SSSR count). The summed E-state index contributed by atoms with van der Waals surface area (Å²) in [5.74, 6) is 2.15. The van der Waals surface area contributed by atoms with Crippen LogP contribution in [0.3, 0.4) is 0 Å². The molecule has 1 aliphatic rings. The van der Waals surface area contributed by atoms with Crippen molar-refractivity contribution in [3.63, 3.8) is 0 Å². The summed E-state index contributed by atoms with van der Waals surface area (Å²) in [7, 11) is 3.22. The van der Waals surface area contributed by atoms with Gasteiger partial charge in [0.25, 0.3) is 5.91 Å². The molecule has 0 saturated carbocycles. The van der Waals surface area contributed by atoms with Crippen LogP contribution in [-0.4, -0.2) is 37.3 Å². The molecule has 0 bridgehead atoms. The van der Waals surface area contributed by atoms with Crippen molar-refractivity contribution in [1.82, 2.24) is 4.90 Å². The van der Waals surface area contributed by atoms with Gasteiger partial charge in [-0.2, -0.15) is 0 Å². The molecule has 2 aromatic rings. The van der Waals surface area contributed by atoms with Crippen molar-refractivity contribution in [2.75, 3.05) is 26.5 Å². The molecular formula is C18H17Cl2NO3S. The fourth-order valence-corrected chi connectivity index (χ4v) is 4.61. The van der Waals surface area contributed by atoms with Gasteiger partial charge in [-0.05, 0) is 30.3 Å². The van der Waals surface area contributed by atoms with Crippen molar-refractivity contribution in [3.8, 4) is 11.5 Å². The second-order valence-electron chi connectivity index (χ2n) is 5.49. The smallest absolute Gasteiger partial charge is 0.255 e. The van der Waals surface area contributed by atoms with Crippen LogP contribution in [0.1, 0.15) is 21.3 Å². The van der Waals surface area contributed by atoms with Crippen LogP contribution in [0, 0.1) is 0 Å². The Morgan fingerprint density at radius 2 is 1.84 bits per heavy atom. The Kier molecular flexibility index (Phi) is 5.67. The van der Waals surface area contributed by atoms with E-state index in [4.69, 9.17) is 32.7 Å². The van der Waals surface area contributed by atoms with E-state index in [9.17, 15) is 4.79 Å². The minimum atomic E-state index is -0.133. The van der Waals surface area contributed by atoms with Gasteiger partial charge in [-0.1, -0.05) is 23.2 Å². The van der Waals surface area contributed by atoms with E-state index in [0.29, 0.717) is 33.7 Å². The molecule has 132 valence electrons. The zero-order valence-electron chi connectivity index (χ0n) is 13.8. The van der Waals surface area contributed by atoms with Crippen LogP contribution >= 0.6 is 35.0 Å². The van der Waals surface area contributed by atoms with E-state index in [1.165, 1.54) is 0 Å². The molecule has 1 aliphatic heterocycles. The number of hydrogen-bond acceptors (Lipinski definition) is 4. The van der Waals surface area contributed by atoms with Gasteiger partial charge in [-0.15, -0.1) is 11.8 Å². The molecular weight excluding hydrogens is 381 g/mol. The highest BCUT2D eigenvalue weighted by molar-refractivity contribution is 7.99. The summed E-state index contributed by atoms with van der Waals surface area (Å²) in [4.78, 5) is 14.8. The molecule has 1 saturated heterocycles. The Hall–Kier alpha value is -1.56. The third kappa shape index (κ3) is 3.84. The van der Waals surface area contributed by atoms with E-state index in [-0.39, 0.29) is 11.3 Å². The third-order valence-corrected chi connectivity index (χ3v) is 5.65. The highest BCUT2D eigenvalue weighted by Gasteiger charge is 2.33. The first kappa shape index (κ1) is 18.2. The number of nitrogens with zero attached hydrogens (tertiary/aromatic N) is 1. The molecule has 7 heteroatoms. The first-order valence-electron chi connectivity index (χ1n) is 7.64. The molecule has 0 radical (unpaired) electrons. The van der Waals surface area contributed by atoms with Gasteiger partial charge >= 0.3 is 0 Å². The van der Waals surface area contributed by atoms with Gasteiger partial charge in [0.1, 0.15) is 16.9 Å². The highest BCUT2D eigenvalue weighted by atomic mass is 35.5. The fourth-order valence-electron chi connectivity index (χ4n) is 2.80. The predicted octanol–water partition coefficient (Wildman–Crippen LogP) is 4.90. The van der Waals surface area contributed by atoms with Crippen molar-refractivity contribution in [2.24, 2.45) is 0 Å². The van der Waals surface area contributed by atoms with E-state index in [1.54, 1.807) is 44.2 Å². The summed E-state index contributed by atoms with van der Waals surface area (Å²) in [6.07, 6.45) is 0. The molecule has 0 N–H and O–H groups in total. The quantitative estimate of drug-likeness (QED) is 0.735. The van der Waals surface area contributed by atoms with E-state index in [2.05, 4.69) is 0 Å². The largest absolute Gasteiger partial charge is 0.497 e. The molecule has 25 heavy (non-hydrogen) atoms. The Balaban J connectivity index is 1.94. The fraction of sp³-hybridized carbons (Fsp3) is 0.278. The van der Waals surface area contributed by atoms with Gasteiger partial charge in [0, 0.05) is 39.5 Å². The van der Waals surface area contributed by atoms with Crippen LogP contribution in [0.5, 0.6) is 11.5 Å². The second kappa shape index (κ2) is 7.77. The summed E-state index contributed by atoms with van der Waals surface area (Å²) in [5.41, 5.74) is 1.42. The summed E-state index contributed by atoms with van der Waals surface area (Å²) in [6.45, 7) is 0.646. The summed E-state index contributed by atoms with van der Waals surface area (Å²) in [5, 5.41) is 0.758. The minimum Gasteiger partial charge on any atom is -0.497 e. The van der Waals surface area contributed by atoms with Gasteiger partial charge in [0.05, 0.1) is 14.2 Å². The van der Waals surface area contributed by atoms with Crippen molar-refractivity contribution < 1.29 is 14.3 Å². The van der Waals surface area contributed by atoms with Gasteiger partial charge < -0.3 is 14.4 Å². The van der Waals surface area contributed by atoms with Crippen LogP contribution in [0.25, 0.3) is 0 Å². The van der Waals surface area contributed by atoms with Crippen LogP contribution in [0.15, 0.2) is 36.4 Å². The molecule has 1 amide bonds. The van der Waals surface area contributed by atoms with E-state index in [0.717, 1.165) is 11.3 Å². The maximum absolute atomic E-state index is 13.0. The van der Waals surface area contributed by atoms with Crippen molar-refractivity contribution in [3.05, 3.63) is 57.6 Å². The summed E-state index contributed by atoms with van der Waals surface area (Å²) >= 11 is 13.8. The average molecular weight is 398 g/mol. The second-order valence-corrected chi connectivity index (χ2v) is 7.55. The molecule has 1 atom stereocenters. The number of carbonyl (C=O) groups is 1. The van der Waals surface area contributed by atoms with Crippen LogP contribution in [0.2, 0.25) is 10.0 Å². The number of carbonyl (C=O) groups excluding carboxylic acids is 1. The van der Waals surface area contributed by atoms with Crippen molar-refractivity contribution >= 4 is 40.9 Å². The van der Waals surface area contributed by atoms with Crippen LogP contribution in [0.4, 0.5) is 0 Å². The number of methoxy groups -OCH3 is 2. The summed E-state index contributed by atoms with van der Waals surface area (Å²) in [6, 6.07) is 10.5. The Morgan fingerprint density at radius 3 is 2.48 bits per heavy atom. The molecule has 2 aromatic carbocycles. The van der Waals surface area contributed by atoms with E-state index in [1.807, 2.05) is 23.1 Å². The molecule has 0 aromatic heterocycles. The van der Waals surface area contributed by atoms with E-state index >= 15 is 0 Å². The van der Waals surface area contributed by atoms with Crippen LogP contribution < -0.4 is 9.47 Å². The lowest BCUT2D eigenvalue weighted by molar-refractivity contribution is 0.0759. The molecule has 0 spiro atoms. The predicted molar refractivity (Wildman–Crippen MR) is 102 cm³/mol. The van der Waals surface area contributed by atoms with Crippen molar-refractivity contribution in [2.45, 2.75) is 5.37 Å². The number of hydrogen-bond donors (Lipinski definition) is 0. The maximum Gasteiger partial charge on any atom is 0.255 e. The van der Waals surface area contributed by atoms with Gasteiger partial charge in [-0.25, -0.2) is 0 Å². The number of rotatable bonds is 4.